The fourth-order valence-corrected chi connectivity index (χ4v) is 2.98. The van der Waals surface area contributed by atoms with Gasteiger partial charge in [-0.1, -0.05) is 29.3 Å². The maximum absolute atomic E-state index is 9.56. The monoisotopic (exact) mass is 389 g/mol. The van der Waals surface area contributed by atoms with Gasteiger partial charge >= 0.3 is 0 Å². The molecule has 0 spiro atoms. The molecule has 0 aliphatic rings. The Morgan fingerprint density at radius 1 is 1.19 bits per heavy atom. The van der Waals surface area contributed by atoms with Crippen molar-refractivity contribution in [1.29, 1.82) is 0 Å². The number of anilines is 1. The third-order valence-corrected chi connectivity index (χ3v) is 4.27. The highest BCUT2D eigenvalue weighted by Crippen LogP contribution is 2.36. The van der Waals surface area contributed by atoms with Gasteiger partial charge in [0, 0.05) is 11.7 Å². The number of phenols is 1. The van der Waals surface area contributed by atoms with Crippen LogP contribution in [-0.4, -0.2) is 12.2 Å². The number of aromatic hydroxyl groups is 1. The van der Waals surface area contributed by atoms with Gasteiger partial charge in [0.1, 0.15) is 5.75 Å². The third-order valence-electron chi connectivity index (χ3n) is 3.08. The molecule has 0 radical (unpaired) electrons. The van der Waals surface area contributed by atoms with Gasteiger partial charge in [-0.25, -0.2) is 0 Å². The molecule has 0 saturated carbocycles. The second-order valence-corrected chi connectivity index (χ2v) is 6.22. The first-order valence-electron chi connectivity index (χ1n) is 6.20. The van der Waals surface area contributed by atoms with Crippen LogP contribution < -0.4 is 10.1 Å². The van der Waals surface area contributed by atoms with E-state index in [2.05, 4.69) is 21.2 Å². The van der Waals surface area contributed by atoms with E-state index in [9.17, 15) is 5.11 Å². The van der Waals surface area contributed by atoms with Crippen LogP contribution in [0.25, 0.3) is 0 Å². The first-order chi connectivity index (χ1) is 9.92. The van der Waals surface area contributed by atoms with Crippen molar-refractivity contribution in [2.75, 3.05) is 12.4 Å². The van der Waals surface area contributed by atoms with E-state index in [1.54, 1.807) is 19.2 Å². The Bertz CT molecular complexity index is 641. The minimum absolute atomic E-state index is 0.0314. The number of ether oxygens (including phenoxy) is 1. The van der Waals surface area contributed by atoms with Crippen LogP contribution >= 0.6 is 39.1 Å². The molecule has 0 saturated heterocycles. The summed E-state index contributed by atoms with van der Waals surface area (Å²) in [6.45, 7) is 2.02. The van der Waals surface area contributed by atoms with Crippen molar-refractivity contribution in [2.24, 2.45) is 0 Å². The molecule has 112 valence electrons. The maximum Gasteiger partial charge on any atom is 0.152 e. The van der Waals surface area contributed by atoms with Crippen molar-refractivity contribution in [2.45, 2.75) is 13.0 Å². The summed E-state index contributed by atoms with van der Waals surface area (Å²) in [6, 6.07) is 9.17. The molecule has 2 N–H and O–H groups in total. The highest BCUT2D eigenvalue weighted by molar-refractivity contribution is 9.10. The lowest BCUT2D eigenvalue weighted by molar-refractivity contribution is 0.412. The molecule has 2 rings (SSSR count). The molecule has 2 aromatic carbocycles. The van der Waals surface area contributed by atoms with Gasteiger partial charge in [0.25, 0.3) is 0 Å². The molecule has 0 aliphatic heterocycles. The number of nitrogens with one attached hydrogen (secondary N) is 1. The van der Waals surface area contributed by atoms with E-state index in [4.69, 9.17) is 27.9 Å². The van der Waals surface area contributed by atoms with Gasteiger partial charge in [-0.2, -0.15) is 0 Å². The minimum atomic E-state index is -0.108. The van der Waals surface area contributed by atoms with E-state index < -0.39 is 0 Å². The van der Waals surface area contributed by atoms with Crippen LogP contribution in [0.2, 0.25) is 10.0 Å². The summed E-state index contributed by atoms with van der Waals surface area (Å²) in [5.41, 5.74) is 1.81. The molecule has 1 atom stereocenters. The number of halogens is 3. The predicted octanol–water partition coefficient (Wildman–Crippen LogP) is 5.64. The molecule has 0 fully saturated rings. The first-order valence-corrected chi connectivity index (χ1v) is 7.75. The smallest absolute Gasteiger partial charge is 0.152 e. The number of methoxy groups -OCH3 is 1. The van der Waals surface area contributed by atoms with Crippen molar-refractivity contribution in [3.8, 4) is 11.5 Å². The molecule has 2 aromatic rings. The minimum Gasteiger partial charge on any atom is -0.505 e. The molecule has 0 aliphatic carbocycles. The lowest BCUT2D eigenvalue weighted by atomic mass is 10.1. The molecular weight excluding hydrogens is 377 g/mol. The van der Waals surface area contributed by atoms with Crippen molar-refractivity contribution in [3.63, 3.8) is 0 Å². The maximum atomic E-state index is 9.56. The van der Waals surface area contributed by atoms with E-state index in [1.165, 1.54) is 0 Å². The molecular formula is C15H14BrCl2NO2. The Morgan fingerprint density at radius 3 is 2.33 bits per heavy atom. The van der Waals surface area contributed by atoms with Gasteiger partial charge in [0.05, 0.1) is 21.6 Å². The average molecular weight is 391 g/mol. The fraction of sp³-hybridized carbons (Fsp3) is 0.200. The van der Waals surface area contributed by atoms with Crippen molar-refractivity contribution in [1.82, 2.24) is 0 Å². The van der Waals surface area contributed by atoms with Gasteiger partial charge < -0.3 is 15.2 Å². The van der Waals surface area contributed by atoms with E-state index >= 15 is 0 Å². The molecule has 0 amide bonds. The number of benzene rings is 2. The predicted molar refractivity (Wildman–Crippen MR) is 90.9 cm³/mol. The zero-order valence-electron chi connectivity index (χ0n) is 11.5. The third kappa shape index (κ3) is 3.76. The second kappa shape index (κ2) is 6.77. The lowest BCUT2D eigenvalue weighted by Crippen LogP contribution is -2.06. The molecule has 3 nitrogen and oxygen atoms in total. The molecule has 0 bridgehead atoms. The van der Waals surface area contributed by atoms with E-state index in [0.29, 0.717) is 0 Å². The summed E-state index contributed by atoms with van der Waals surface area (Å²) in [5, 5.41) is 13.3. The molecule has 1 unspecified atom stereocenters. The lowest BCUT2D eigenvalue weighted by Gasteiger charge is -2.17. The summed E-state index contributed by atoms with van der Waals surface area (Å²) in [7, 11) is 1.63. The Kier molecular flexibility index (Phi) is 5.25. The summed E-state index contributed by atoms with van der Waals surface area (Å²) in [4.78, 5) is 0. The highest BCUT2D eigenvalue weighted by atomic mass is 79.9. The van der Waals surface area contributed by atoms with Gasteiger partial charge in [0.2, 0.25) is 0 Å². The Morgan fingerprint density at radius 2 is 1.81 bits per heavy atom. The van der Waals surface area contributed by atoms with Crippen molar-refractivity contribution < 1.29 is 9.84 Å². The van der Waals surface area contributed by atoms with Crippen LogP contribution in [0.15, 0.2) is 34.8 Å². The summed E-state index contributed by atoms with van der Waals surface area (Å²) in [6.07, 6.45) is 0. The Hall–Kier alpha value is -1.10. The number of hydrogen-bond donors (Lipinski definition) is 2. The fourth-order valence-electron chi connectivity index (χ4n) is 1.93. The molecule has 6 heteroatoms. The summed E-state index contributed by atoms with van der Waals surface area (Å²) < 4.78 is 6.10. The van der Waals surface area contributed by atoms with Gasteiger partial charge in [-0.15, -0.1) is 0 Å². The normalized spacial score (nSPS) is 12.0. The zero-order chi connectivity index (χ0) is 15.6. The summed E-state index contributed by atoms with van der Waals surface area (Å²) in [5.74, 6) is 0.672. The van der Waals surface area contributed by atoms with Gasteiger partial charge in [-0.05, 0) is 52.7 Å². The second-order valence-electron chi connectivity index (χ2n) is 4.55. The SMILES string of the molecule is COc1ccc(C(C)Nc2cc(Cl)c(O)c(Cl)c2)cc1Br. The Labute approximate surface area is 142 Å². The van der Waals surface area contributed by atoms with Crippen LogP contribution in [0.5, 0.6) is 11.5 Å². The first kappa shape index (κ1) is 16.3. The summed E-state index contributed by atoms with van der Waals surface area (Å²) >= 11 is 15.3. The molecule has 0 aromatic heterocycles. The largest absolute Gasteiger partial charge is 0.505 e. The van der Waals surface area contributed by atoms with Crippen LogP contribution in [0, 0.1) is 0 Å². The van der Waals surface area contributed by atoms with Crippen LogP contribution in [0.3, 0.4) is 0 Å². The molecule has 0 heterocycles. The van der Waals surface area contributed by atoms with E-state index in [1.807, 2.05) is 25.1 Å². The zero-order valence-corrected chi connectivity index (χ0v) is 14.6. The van der Waals surface area contributed by atoms with Crippen molar-refractivity contribution in [3.05, 3.63) is 50.4 Å². The topological polar surface area (TPSA) is 41.5 Å². The van der Waals surface area contributed by atoms with Gasteiger partial charge in [0.15, 0.2) is 5.75 Å². The van der Waals surface area contributed by atoms with Crippen LogP contribution in [0.4, 0.5) is 5.69 Å². The van der Waals surface area contributed by atoms with E-state index in [0.717, 1.165) is 21.5 Å². The van der Waals surface area contributed by atoms with Crippen LogP contribution in [-0.2, 0) is 0 Å². The average Bonchev–Trinajstić information content (AvgIpc) is 2.44. The quantitative estimate of drug-likeness (QED) is 0.663. The highest BCUT2D eigenvalue weighted by Gasteiger charge is 2.11. The van der Waals surface area contributed by atoms with Gasteiger partial charge in [-0.3, -0.25) is 0 Å². The Balaban J connectivity index is 2.21. The van der Waals surface area contributed by atoms with Crippen LogP contribution in [0.1, 0.15) is 18.5 Å². The standard InChI is InChI=1S/C15H14BrCl2NO2/c1-8(9-3-4-14(21-2)11(16)5-9)19-10-6-12(17)15(20)13(18)7-10/h3-8,19-20H,1-2H3. The molecule has 21 heavy (non-hydrogen) atoms. The number of phenolic OH excluding ortho intramolecular Hbond substituents is 1. The van der Waals surface area contributed by atoms with E-state index in [-0.39, 0.29) is 21.8 Å². The number of rotatable bonds is 4. The number of hydrogen-bond acceptors (Lipinski definition) is 3. The van der Waals surface area contributed by atoms with Crippen molar-refractivity contribution >= 4 is 44.8 Å².